The molecule has 1 aromatic heterocycles. The van der Waals surface area contributed by atoms with Crippen molar-refractivity contribution < 1.29 is 4.79 Å². The molecule has 0 saturated heterocycles. The van der Waals surface area contributed by atoms with E-state index >= 15 is 0 Å². The summed E-state index contributed by atoms with van der Waals surface area (Å²) in [4.78, 5) is 15.0. The first-order valence-electron chi connectivity index (χ1n) is 4.94. The number of nitrogens with one attached hydrogen (secondary N) is 2. The SMILES string of the molecule is O=C1NCCc2[nH]c3cc(Br)c(Cl)cc3c21. The van der Waals surface area contributed by atoms with Gasteiger partial charge in [-0.25, -0.2) is 0 Å². The number of aromatic amines is 1. The molecule has 0 aliphatic carbocycles. The highest BCUT2D eigenvalue weighted by molar-refractivity contribution is 9.10. The van der Waals surface area contributed by atoms with Crippen LogP contribution >= 0.6 is 27.5 Å². The Bertz CT molecular complexity index is 606. The molecule has 0 unspecified atom stereocenters. The molecule has 0 saturated carbocycles. The maximum atomic E-state index is 11.8. The van der Waals surface area contributed by atoms with Crippen molar-refractivity contribution in [2.45, 2.75) is 6.42 Å². The van der Waals surface area contributed by atoms with Crippen molar-refractivity contribution in [3.8, 4) is 0 Å². The van der Waals surface area contributed by atoms with Crippen LogP contribution in [0.3, 0.4) is 0 Å². The predicted molar refractivity (Wildman–Crippen MR) is 67.0 cm³/mol. The second-order valence-corrected chi connectivity index (χ2v) is 5.06. The molecule has 2 heterocycles. The lowest BCUT2D eigenvalue weighted by Crippen LogP contribution is -2.31. The molecule has 1 aliphatic rings. The zero-order chi connectivity index (χ0) is 11.3. The van der Waals surface area contributed by atoms with Gasteiger partial charge in [-0.05, 0) is 28.1 Å². The maximum absolute atomic E-state index is 11.8. The third-order valence-electron chi connectivity index (χ3n) is 2.80. The van der Waals surface area contributed by atoms with Gasteiger partial charge in [0, 0.05) is 34.0 Å². The topological polar surface area (TPSA) is 44.9 Å². The first-order chi connectivity index (χ1) is 7.66. The average Bonchev–Trinajstić information content (AvgIpc) is 2.58. The Morgan fingerprint density at radius 2 is 2.19 bits per heavy atom. The van der Waals surface area contributed by atoms with E-state index in [0.717, 1.165) is 33.1 Å². The predicted octanol–water partition coefficient (Wildman–Crippen LogP) is 2.87. The van der Waals surface area contributed by atoms with Crippen LogP contribution in [0.1, 0.15) is 16.1 Å². The molecule has 16 heavy (non-hydrogen) atoms. The molecule has 1 aromatic carbocycles. The highest BCUT2D eigenvalue weighted by atomic mass is 79.9. The van der Waals surface area contributed by atoms with Crippen LogP contribution in [0.15, 0.2) is 16.6 Å². The highest BCUT2D eigenvalue weighted by Crippen LogP contribution is 2.32. The fraction of sp³-hybridized carbons (Fsp3) is 0.182. The van der Waals surface area contributed by atoms with Crippen molar-refractivity contribution in [2.24, 2.45) is 0 Å². The lowest BCUT2D eigenvalue weighted by Gasteiger charge is -2.11. The molecule has 3 nitrogen and oxygen atoms in total. The number of amides is 1. The summed E-state index contributed by atoms with van der Waals surface area (Å²) < 4.78 is 0.834. The van der Waals surface area contributed by atoms with Gasteiger partial charge in [0.25, 0.3) is 5.91 Å². The summed E-state index contributed by atoms with van der Waals surface area (Å²) in [5.74, 6) is -0.0223. The van der Waals surface area contributed by atoms with E-state index in [1.165, 1.54) is 0 Å². The van der Waals surface area contributed by atoms with Crippen LogP contribution in [0.5, 0.6) is 0 Å². The Labute approximate surface area is 105 Å². The molecule has 0 radical (unpaired) electrons. The summed E-state index contributed by atoms with van der Waals surface area (Å²) in [6.45, 7) is 0.688. The van der Waals surface area contributed by atoms with Crippen LogP contribution < -0.4 is 5.32 Å². The van der Waals surface area contributed by atoms with Crippen molar-refractivity contribution in [2.75, 3.05) is 6.54 Å². The van der Waals surface area contributed by atoms with Gasteiger partial charge in [-0.3, -0.25) is 4.79 Å². The minimum atomic E-state index is -0.0223. The molecule has 1 aliphatic heterocycles. The number of benzene rings is 1. The molecule has 0 atom stereocenters. The van der Waals surface area contributed by atoms with E-state index in [-0.39, 0.29) is 5.91 Å². The fourth-order valence-corrected chi connectivity index (χ4v) is 2.59. The molecule has 0 spiro atoms. The number of rotatable bonds is 0. The number of hydrogen-bond acceptors (Lipinski definition) is 1. The zero-order valence-electron chi connectivity index (χ0n) is 8.23. The summed E-state index contributed by atoms with van der Waals surface area (Å²) in [6.07, 6.45) is 0.838. The normalized spacial score (nSPS) is 15.0. The van der Waals surface area contributed by atoms with Crippen molar-refractivity contribution in [3.63, 3.8) is 0 Å². The molecular weight excluding hydrogens is 291 g/mol. The van der Waals surface area contributed by atoms with E-state index in [9.17, 15) is 4.79 Å². The quantitative estimate of drug-likeness (QED) is 0.772. The zero-order valence-corrected chi connectivity index (χ0v) is 10.6. The number of aromatic nitrogens is 1. The number of fused-ring (bicyclic) bond motifs is 3. The fourth-order valence-electron chi connectivity index (χ4n) is 2.08. The number of hydrogen-bond donors (Lipinski definition) is 2. The van der Waals surface area contributed by atoms with Gasteiger partial charge >= 0.3 is 0 Å². The number of halogens is 2. The molecule has 1 amide bonds. The number of H-pyrrole nitrogens is 1. The second-order valence-electron chi connectivity index (χ2n) is 3.80. The lowest BCUT2D eigenvalue weighted by atomic mass is 10.1. The first kappa shape index (κ1) is 10.2. The third-order valence-corrected chi connectivity index (χ3v) is 4.00. The summed E-state index contributed by atoms with van der Waals surface area (Å²) in [5.41, 5.74) is 2.67. The summed E-state index contributed by atoms with van der Waals surface area (Å²) in [7, 11) is 0. The van der Waals surface area contributed by atoms with Crippen LogP contribution in [0.25, 0.3) is 10.9 Å². The van der Waals surface area contributed by atoms with E-state index in [4.69, 9.17) is 11.6 Å². The van der Waals surface area contributed by atoms with Gasteiger partial charge in [-0.1, -0.05) is 11.6 Å². The Morgan fingerprint density at radius 3 is 3.00 bits per heavy atom. The van der Waals surface area contributed by atoms with Gasteiger partial charge < -0.3 is 10.3 Å². The lowest BCUT2D eigenvalue weighted by molar-refractivity contribution is 0.0947. The molecule has 5 heteroatoms. The summed E-state index contributed by atoms with van der Waals surface area (Å²) in [6, 6.07) is 3.73. The average molecular weight is 300 g/mol. The molecule has 0 bridgehead atoms. The Morgan fingerprint density at radius 1 is 1.38 bits per heavy atom. The smallest absolute Gasteiger partial charge is 0.253 e. The van der Waals surface area contributed by atoms with Crippen LogP contribution in [0, 0.1) is 0 Å². The van der Waals surface area contributed by atoms with E-state index in [1.807, 2.05) is 12.1 Å². The van der Waals surface area contributed by atoms with E-state index in [0.29, 0.717) is 11.6 Å². The molecular formula is C11H8BrClN2O. The van der Waals surface area contributed by atoms with E-state index < -0.39 is 0 Å². The van der Waals surface area contributed by atoms with Crippen molar-refractivity contribution >= 4 is 44.3 Å². The third kappa shape index (κ3) is 1.37. The molecule has 2 N–H and O–H groups in total. The van der Waals surface area contributed by atoms with E-state index in [2.05, 4.69) is 26.2 Å². The van der Waals surface area contributed by atoms with Crippen LogP contribution in [0.4, 0.5) is 0 Å². The van der Waals surface area contributed by atoms with Crippen LogP contribution in [-0.4, -0.2) is 17.4 Å². The van der Waals surface area contributed by atoms with Crippen molar-refractivity contribution in [3.05, 3.63) is 32.9 Å². The van der Waals surface area contributed by atoms with Gasteiger partial charge in [0.05, 0.1) is 10.6 Å². The van der Waals surface area contributed by atoms with Gasteiger partial charge in [0.2, 0.25) is 0 Å². The Hall–Kier alpha value is -1.00. The highest BCUT2D eigenvalue weighted by Gasteiger charge is 2.22. The molecule has 3 rings (SSSR count). The second kappa shape index (κ2) is 3.50. The van der Waals surface area contributed by atoms with Crippen molar-refractivity contribution in [1.82, 2.24) is 10.3 Å². The van der Waals surface area contributed by atoms with Crippen molar-refractivity contribution in [1.29, 1.82) is 0 Å². The van der Waals surface area contributed by atoms with Gasteiger partial charge in [-0.15, -0.1) is 0 Å². The Kier molecular flexibility index (Phi) is 2.23. The number of carbonyl (C=O) groups is 1. The molecule has 2 aromatic rings. The van der Waals surface area contributed by atoms with Gasteiger partial charge in [0.15, 0.2) is 0 Å². The van der Waals surface area contributed by atoms with Crippen LogP contribution in [-0.2, 0) is 6.42 Å². The molecule has 0 fully saturated rings. The molecule has 82 valence electrons. The monoisotopic (exact) mass is 298 g/mol. The Balaban J connectivity index is 2.38. The van der Waals surface area contributed by atoms with Gasteiger partial charge in [-0.2, -0.15) is 0 Å². The first-order valence-corrected chi connectivity index (χ1v) is 6.11. The minimum Gasteiger partial charge on any atom is -0.358 e. The standard InChI is InChI=1S/C11H8BrClN2O/c12-6-4-9-5(3-7(6)13)10-8(15-9)1-2-14-11(10)16/h3-4,15H,1-2H2,(H,14,16). The summed E-state index contributed by atoms with van der Waals surface area (Å²) >= 11 is 9.41. The van der Waals surface area contributed by atoms with Crippen LogP contribution in [0.2, 0.25) is 5.02 Å². The maximum Gasteiger partial charge on any atom is 0.253 e. The summed E-state index contributed by atoms with van der Waals surface area (Å²) in [5, 5.41) is 4.34. The largest absolute Gasteiger partial charge is 0.358 e. The minimum absolute atomic E-state index is 0.0223. The number of carbonyl (C=O) groups excluding carboxylic acids is 1. The van der Waals surface area contributed by atoms with Gasteiger partial charge in [0.1, 0.15) is 0 Å². The van der Waals surface area contributed by atoms with E-state index in [1.54, 1.807) is 0 Å².